The maximum absolute atomic E-state index is 14.2. The van der Waals surface area contributed by atoms with Crippen LogP contribution >= 0.6 is 22.7 Å². The minimum absolute atomic E-state index is 0.0372. The molecule has 1 unspecified atom stereocenters. The highest BCUT2D eigenvalue weighted by Crippen LogP contribution is 2.42. The molecule has 8 rings (SSSR count). The number of fused-ring (bicyclic) bond motifs is 2. The zero-order chi connectivity index (χ0) is 41.5. The molecule has 0 aliphatic carbocycles. The van der Waals surface area contributed by atoms with Crippen molar-refractivity contribution in [3.8, 4) is 5.13 Å². The second-order valence-corrected chi connectivity index (χ2v) is 16.2. The maximum atomic E-state index is 14.2. The van der Waals surface area contributed by atoms with E-state index in [0.29, 0.717) is 53.3 Å². The van der Waals surface area contributed by atoms with Crippen LogP contribution in [0.1, 0.15) is 60.2 Å². The average molecular weight is 827 g/mol. The molecular weight excluding hydrogens is 788 g/mol. The lowest BCUT2D eigenvalue weighted by Crippen LogP contribution is -2.50. The van der Waals surface area contributed by atoms with Crippen molar-refractivity contribution in [2.45, 2.75) is 39.2 Å². The van der Waals surface area contributed by atoms with Crippen molar-refractivity contribution >= 4 is 79.8 Å². The number of imidazole rings is 1. The third kappa shape index (κ3) is 7.92. The molecule has 0 radical (unpaired) electrons. The Hall–Kier alpha value is -6.40. The van der Waals surface area contributed by atoms with Crippen LogP contribution in [0.4, 0.5) is 31.4 Å². The Balaban J connectivity index is 0.000000224. The van der Waals surface area contributed by atoms with Crippen LogP contribution in [-0.2, 0) is 16.6 Å². The first-order valence-corrected chi connectivity index (χ1v) is 19.9. The van der Waals surface area contributed by atoms with Crippen LogP contribution in [0.5, 0.6) is 0 Å². The summed E-state index contributed by atoms with van der Waals surface area (Å²) in [6.45, 7) is 9.12. The number of aromatic carboxylic acids is 1. The Morgan fingerprint density at radius 3 is 2.19 bits per heavy atom. The number of carboxylic acid groups (broad SMARTS) is 1. The predicted molar refractivity (Wildman–Crippen MR) is 220 cm³/mol. The summed E-state index contributed by atoms with van der Waals surface area (Å²) in [6.07, 6.45) is -0.376. The number of rotatable bonds is 6. The summed E-state index contributed by atoms with van der Waals surface area (Å²) in [5.74, 6) is -2.41. The van der Waals surface area contributed by atoms with Gasteiger partial charge in [0.1, 0.15) is 17.1 Å². The molecule has 1 fully saturated rings. The number of anilines is 4. The molecule has 300 valence electrons. The summed E-state index contributed by atoms with van der Waals surface area (Å²) in [5.41, 5.74) is 3.31. The second-order valence-electron chi connectivity index (χ2n) is 14.5. The van der Waals surface area contributed by atoms with Crippen LogP contribution in [0.25, 0.3) is 16.2 Å². The van der Waals surface area contributed by atoms with Gasteiger partial charge in [-0.2, -0.15) is 0 Å². The summed E-state index contributed by atoms with van der Waals surface area (Å²) in [7, 11) is 1.68. The Kier molecular flexibility index (Phi) is 10.9. The first-order valence-electron chi connectivity index (χ1n) is 18.2. The molecular formula is C40H39FN8O7S2. The van der Waals surface area contributed by atoms with E-state index in [1.807, 2.05) is 81.1 Å². The van der Waals surface area contributed by atoms with Gasteiger partial charge in [-0.3, -0.25) is 19.1 Å². The second kappa shape index (κ2) is 15.9. The highest BCUT2D eigenvalue weighted by molar-refractivity contribution is 7.14. The molecule has 18 heteroatoms. The number of carbonyl (C=O) groups is 4. The van der Waals surface area contributed by atoms with E-state index in [9.17, 15) is 28.4 Å². The number of hydrogen-bond acceptors (Lipinski definition) is 11. The van der Waals surface area contributed by atoms with Gasteiger partial charge in [-0.15, -0.1) is 22.7 Å². The van der Waals surface area contributed by atoms with Gasteiger partial charge in [0.25, 0.3) is 5.91 Å². The Morgan fingerprint density at radius 2 is 1.50 bits per heavy atom. The quantitative estimate of drug-likeness (QED) is 0.181. The largest absolute Gasteiger partial charge is 0.476 e. The lowest BCUT2D eigenvalue weighted by Gasteiger charge is -2.37. The number of ether oxygens (including phenoxy) is 1. The number of para-hydroxylation sites is 3. The van der Waals surface area contributed by atoms with Gasteiger partial charge in [-0.25, -0.2) is 33.3 Å². The van der Waals surface area contributed by atoms with Crippen molar-refractivity contribution in [1.82, 2.24) is 24.0 Å². The number of aryl methyl sites for hydroxylation is 1. The Bertz CT molecular complexity index is 2620. The van der Waals surface area contributed by atoms with Crippen molar-refractivity contribution < 1.29 is 33.4 Å². The van der Waals surface area contributed by atoms with Crippen LogP contribution in [0.2, 0.25) is 0 Å². The van der Waals surface area contributed by atoms with Crippen molar-refractivity contribution in [3.05, 3.63) is 111 Å². The van der Waals surface area contributed by atoms with Gasteiger partial charge in [0.2, 0.25) is 5.91 Å². The molecule has 3 aromatic carbocycles. The highest BCUT2D eigenvalue weighted by Gasteiger charge is 2.36. The molecule has 0 bridgehead atoms. The number of hydrogen-bond donors (Lipinski definition) is 2. The van der Waals surface area contributed by atoms with E-state index in [-0.39, 0.29) is 35.0 Å². The topological polar surface area (TPSA) is 172 Å². The van der Waals surface area contributed by atoms with Crippen LogP contribution in [-0.4, -0.2) is 84.8 Å². The van der Waals surface area contributed by atoms with Gasteiger partial charge in [-0.1, -0.05) is 30.3 Å². The molecule has 58 heavy (non-hydrogen) atoms. The normalized spacial score (nSPS) is 15.2. The van der Waals surface area contributed by atoms with E-state index in [4.69, 9.17) is 9.84 Å². The number of nitrogens with one attached hydrogen (secondary N) is 1. The summed E-state index contributed by atoms with van der Waals surface area (Å²) in [5, 5.41) is 15.4. The third-order valence-electron chi connectivity index (χ3n) is 9.49. The van der Waals surface area contributed by atoms with Crippen molar-refractivity contribution in [3.63, 3.8) is 0 Å². The number of benzene rings is 3. The summed E-state index contributed by atoms with van der Waals surface area (Å²) < 4.78 is 22.7. The number of nitrogens with zero attached hydrogens (tertiary/aromatic N) is 7. The molecule has 3 amide bonds. The van der Waals surface area contributed by atoms with Gasteiger partial charge < -0.3 is 25.0 Å². The smallest absolute Gasteiger partial charge is 0.410 e. The molecule has 1 saturated heterocycles. The number of halogens is 1. The Morgan fingerprint density at radius 1 is 0.862 bits per heavy atom. The molecule has 2 N–H and O–H groups in total. The van der Waals surface area contributed by atoms with Crippen LogP contribution < -0.4 is 20.8 Å². The van der Waals surface area contributed by atoms with Crippen LogP contribution in [0, 0.1) is 5.82 Å². The SMILES string of the molecule is CC1C(=O)N(c2nc(C(=O)O)cs2)c2ccccc21.Cn1c(=O)n(-c2nc(C(=O)Nc3cc(F)ccc3N3CCN(C(=O)OC(C)(C)C)CC3)cs2)c2ccccc21. The fourth-order valence-corrected chi connectivity index (χ4v) is 8.27. The van der Waals surface area contributed by atoms with E-state index in [2.05, 4.69) is 15.3 Å². The summed E-state index contributed by atoms with van der Waals surface area (Å²) in [4.78, 5) is 75.1. The Labute approximate surface area is 339 Å². The lowest BCUT2D eigenvalue weighted by molar-refractivity contribution is -0.118. The van der Waals surface area contributed by atoms with E-state index in [1.54, 1.807) is 23.4 Å². The van der Waals surface area contributed by atoms with Crippen molar-refractivity contribution in [2.24, 2.45) is 7.05 Å². The van der Waals surface area contributed by atoms with Gasteiger partial charge >= 0.3 is 17.8 Å². The van der Waals surface area contributed by atoms with Crippen molar-refractivity contribution in [1.29, 1.82) is 0 Å². The van der Waals surface area contributed by atoms with E-state index >= 15 is 0 Å². The third-order valence-corrected chi connectivity index (χ3v) is 11.1. The molecule has 2 aliphatic rings. The zero-order valence-corrected chi connectivity index (χ0v) is 33.8. The lowest BCUT2D eigenvalue weighted by atomic mass is 10.0. The van der Waals surface area contributed by atoms with Crippen LogP contribution in [0.15, 0.2) is 82.3 Å². The first-order chi connectivity index (χ1) is 27.6. The van der Waals surface area contributed by atoms with Gasteiger partial charge in [-0.05, 0) is 69.7 Å². The minimum Gasteiger partial charge on any atom is -0.476 e. The fraction of sp³-hybridized carbons (Fsp3) is 0.275. The summed E-state index contributed by atoms with van der Waals surface area (Å²) >= 11 is 2.33. The van der Waals surface area contributed by atoms with Crippen molar-refractivity contribution in [2.75, 3.05) is 41.3 Å². The molecule has 3 aromatic heterocycles. The standard InChI is InChI=1S/C27H29FN6O4S.C13H10N2O3S/c1-27(2,3)38-26(37)33-13-11-32(12-14-33)20-10-9-17(28)15-18(20)29-23(35)19-16-39-24(30-19)34-22-8-6-5-7-21(22)31(4)25(34)36;1-7-8-4-2-3-5-10(8)15(11(7)16)13-14-9(6-19-13)12(17)18/h5-10,15-16H,11-14H2,1-4H3,(H,29,35);2-7H,1H3,(H,17,18). The predicted octanol–water partition coefficient (Wildman–Crippen LogP) is 6.86. The number of piperazine rings is 1. The molecule has 15 nitrogen and oxygen atoms in total. The zero-order valence-electron chi connectivity index (χ0n) is 32.1. The highest BCUT2D eigenvalue weighted by atomic mass is 32.1. The van der Waals surface area contributed by atoms with E-state index in [1.165, 1.54) is 42.9 Å². The monoisotopic (exact) mass is 826 g/mol. The molecule has 0 saturated carbocycles. The van der Waals surface area contributed by atoms with Gasteiger partial charge in [0.15, 0.2) is 16.0 Å². The number of aromatic nitrogens is 4. The fourth-order valence-electron chi connectivity index (χ4n) is 6.64. The maximum Gasteiger partial charge on any atom is 0.410 e. The molecule has 6 aromatic rings. The first kappa shape index (κ1) is 39.8. The number of carboxylic acids is 1. The van der Waals surface area contributed by atoms with Gasteiger partial charge in [0, 0.05) is 44.0 Å². The number of thiazole rings is 2. The van der Waals surface area contributed by atoms with Gasteiger partial charge in [0.05, 0.1) is 34.0 Å². The van der Waals surface area contributed by atoms with Crippen LogP contribution in [0.3, 0.4) is 0 Å². The number of amides is 3. The average Bonchev–Trinajstić information content (AvgIpc) is 3.98. The molecule has 1 atom stereocenters. The van der Waals surface area contributed by atoms with E-state index < -0.39 is 23.3 Å². The minimum atomic E-state index is -1.09. The van der Waals surface area contributed by atoms with E-state index in [0.717, 1.165) is 28.1 Å². The molecule has 5 heterocycles. The molecule has 0 spiro atoms. The number of carbonyl (C=O) groups excluding carboxylic acids is 3. The summed E-state index contributed by atoms with van der Waals surface area (Å²) in [6, 6.07) is 19.0. The molecule has 2 aliphatic heterocycles.